The van der Waals surface area contributed by atoms with E-state index in [0.717, 1.165) is 18.2 Å². The van der Waals surface area contributed by atoms with Crippen molar-refractivity contribution in [3.05, 3.63) is 78.2 Å². The fourth-order valence-corrected chi connectivity index (χ4v) is 2.97. The Morgan fingerprint density at radius 1 is 0.750 bits per heavy atom. The van der Waals surface area contributed by atoms with Gasteiger partial charge in [-0.2, -0.15) is 13.2 Å². The lowest BCUT2D eigenvalue weighted by molar-refractivity contribution is -0.137. The van der Waals surface area contributed by atoms with Crippen LogP contribution in [-0.4, -0.2) is 19.9 Å². The Hall–Kier alpha value is -3.95. The predicted molar refractivity (Wildman–Crippen MR) is 108 cm³/mol. The molecule has 0 unspecified atom stereocenters. The summed E-state index contributed by atoms with van der Waals surface area (Å²) >= 11 is 0. The summed E-state index contributed by atoms with van der Waals surface area (Å²) in [6, 6.07) is 11.6. The molecule has 3 aromatic heterocycles. The zero-order chi connectivity index (χ0) is 22.9. The van der Waals surface area contributed by atoms with Gasteiger partial charge in [0, 0.05) is 29.1 Å². The van der Waals surface area contributed by atoms with Crippen LogP contribution in [0.15, 0.2) is 67.0 Å². The van der Waals surface area contributed by atoms with Crippen LogP contribution < -0.4 is 5.73 Å². The molecule has 2 N–H and O–H groups in total. The van der Waals surface area contributed by atoms with E-state index in [2.05, 4.69) is 19.9 Å². The summed E-state index contributed by atoms with van der Waals surface area (Å²) in [6.45, 7) is 0. The molecule has 3 heterocycles. The molecule has 0 aliphatic rings. The lowest BCUT2D eigenvalue weighted by Crippen LogP contribution is -2.04. The molecule has 4 aromatic rings. The number of hydrogen-bond donors (Lipinski definition) is 1. The lowest BCUT2D eigenvalue weighted by Gasteiger charge is -2.11. The molecule has 0 bridgehead atoms. The van der Waals surface area contributed by atoms with Gasteiger partial charge in [0.05, 0.1) is 17.0 Å². The Balaban J connectivity index is 1.78. The first kappa shape index (κ1) is 21.3. The number of rotatable bonds is 4. The summed E-state index contributed by atoms with van der Waals surface area (Å²) in [5.74, 6) is 0.323. The van der Waals surface area contributed by atoms with Crippen molar-refractivity contribution in [2.45, 2.75) is 12.6 Å². The SMILES string of the molecule is Nc1ccc(-c2cc(-c3nc(-c4ccc(C(F)(F)F)cc4)cc(C(F)F)n3)ccn2)cn1. The van der Waals surface area contributed by atoms with Gasteiger partial charge in [-0.1, -0.05) is 12.1 Å². The zero-order valence-electron chi connectivity index (χ0n) is 16.2. The van der Waals surface area contributed by atoms with Crippen molar-refractivity contribution in [1.82, 2.24) is 19.9 Å². The highest BCUT2D eigenvalue weighted by atomic mass is 19.4. The van der Waals surface area contributed by atoms with E-state index in [-0.39, 0.29) is 17.1 Å². The average molecular weight is 443 g/mol. The van der Waals surface area contributed by atoms with Gasteiger partial charge in [0.1, 0.15) is 11.5 Å². The first-order valence-corrected chi connectivity index (χ1v) is 9.24. The minimum Gasteiger partial charge on any atom is -0.384 e. The third kappa shape index (κ3) is 4.53. The second-order valence-electron chi connectivity index (χ2n) is 6.78. The molecule has 0 fully saturated rings. The summed E-state index contributed by atoms with van der Waals surface area (Å²) in [5.41, 5.74) is 6.08. The average Bonchev–Trinajstić information content (AvgIpc) is 2.79. The van der Waals surface area contributed by atoms with Crippen LogP contribution in [0.25, 0.3) is 33.9 Å². The minimum absolute atomic E-state index is 0.00949. The zero-order valence-corrected chi connectivity index (χ0v) is 16.2. The number of alkyl halides is 5. The van der Waals surface area contributed by atoms with Crippen LogP contribution in [0, 0.1) is 0 Å². The number of halogens is 5. The van der Waals surface area contributed by atoms with E-state index in [1.165, 1.54) is 24.5 Å². The summed E-state index contributed by atoms with van der Waals surface area (Å²) in [4.78, 5) is 16.5. The maximum absolute atomic E-state index is 13.5. The number of nitrogen functional groups attached to an aromatic ring is 1. The van der Waals surface area contributed by atoms with Crippen molar-refractivity contribution < 1.29 is 22.0 Å². The van der Waals surface area contributed by atoms with E-state index in [1.807, 2.05) is 0 Å². The highest BCUT2D eigenvalue weighted by molar-refractivity contribution is 5.69. The first-order chi connectivity index (χ1) is 15.2. The fraction of sp³-hybridized carbons (Fsp3) is 0.0909. The summed E-state index contributed by atoms with van der Waals surface area (Å²) in [6.07, 6.45) is -4.41. The monoisotopic (exact) mass is 443 g/mol. The van der Waals surface area contributed by atoms with E-state index >= 15 is 0 Å². The predicted octanol–water partition coefficient (Wildman–Crippen LogP) is 5.81. The third-order valence-electron chi connectivity index (χ3n) is 4.58. The maximum atomic E-state index is 13.5. The molecule has 4 rings (SSSR count). The van der Waals surface area contributed by atoms with Gasteiger partial charge in [0.25, 0.3) is 6.43 Å². The van der Waals surface area contributed by atoms with Gasteiger partial charge in [-0.05, 0) is 42.5 Å². The number of benzene rings is 1. The molecule has 0 aliphatic heterocycles. The normalized spacial score (nSPS) is 11.7. The van der Waals surface area contributed by atoms with Crippen LogP contribution in [0.4, 0.5) is 27.8 Å². The molecular formula is C22H14F5N5. The number of aromatic nitrogens is 4. The number of nitrogens with two attached hydrogens (primary N) is 1. The van der Waals surface area contributed by atoms with Crippen molar-refractivity contribution in [2.24, 2.45) is 0 Å². The minimum atomic E-state index is -4.51. The largest absolute Gasteiger partial charge is 0.416 e. The smallest absolute Gasteiger partial charge is 0.384 e. The van der Waals surface area contributed by atoms with E-state index in [1.54, 1.807) is 24.3 Å². The number of hydrogen-bond acceptors (Lipinski definition) is 5. The number of pyridine rings is 2. The Labute approximate surface area is 178 Å². The first-order valence-electron chi connectivity index (χ1n) is 9.24. The Bertz CT molecular complexity index is 1240. The molecule has 1 aromatic carbocycles. The second kappa shape index (κ2) is 8.29. The molecule has 5 nitrogen and oxygen atoms in total. The molecule has 10 heteroatoms. The molecule has 0 atom stereocenters. The molecule has 0 saturated heterocycles. The van der Waals surface area contributed by atoms with Crippen molar-refractivity contribution in [1.29, 1.82) is 0 Å². The fourth-order valence-electron chi connectivity index (χ4n) is 2.97. The molecule has 162 valence electrons. The standard InChI is InChI=1S/C22H14F5N5/c23-20(24)18-10-17(12-1-4-15(5-2-12)22(25,26)27)31-21(32-18)13-7-8-29-16(9-13)14-3-6-19(28)30-11-14/h1-11,20H,(H2,28,30). The van der Waals surface area contributed by atoms with E-state index in [0.29, 0.717) is 22.6 Å². The second-order valence-corrected chi connectivity index (χ2v) is 6.78. The van der Waals surface area contributed by atoms with Crippen molar-refractivity contribution in [3.63, 3.8) is 0 Å². The molecular weight excluding hydrogens is 429 g/mol. The van der Waals surface area contributed by atoms with Gasteiger partial charge in [-0.25, -0.2) is 23.7 Å². The number of nitrogens with zero attached hydrogens (tertiary/aromatic N) is 4. The van der Waals surface area contributed by atoms with Gasteiger partial charge in [-0.3, -0.25) is 4.98 Å². The third-order valence-corrected chi connectivity index (χ3v) is 4.58. The topological polar surface area (TPSA) is 77.6 Å². The van der Waals surface area contributed by atoms with Gasteiger partial charge >= 0.3 is 6.18 Å². The highest BCUT2D eigenvalue weighted by Gasteiger charge is 2.30. The van der Waals surface area contributed by atoms with Gasteiger partial charge < -0.3 is 5.73 Å². The molecule has 0 saturated carbocycles. The van der Waals surface area contributed by atoms with Crippen LogP contribution in [0.5, 0.6) is 0 Å². The van der Waals surface area contributed by atoms with Crippen LogP contribution in [-0.2, 0) is 6.18 Å². The van der Waals surface area contributed by atoms with Crippen LogP contribution >= 0.6 is 0 Å². The van der Waals surface area contributed by atoms with Crippen molar-refractivity contribution in [3.8, 4) is 33.9 Å². The van der Waals surface area contributed by atoms with Crippen molar-refractivity contribution in [2.75, 3.05) is 5.73 Å². The van der Waals surface area contributed by atoms with Gasteiger partial charge in [-0.15, -0.1) is 0 Å². The molecule has 0 spiro atoms. The molecule has 32 heavy (non-hydrogen) atoms. The van der Waals surface area contributed by atoms with Crippen LogP contribution in [0.1, 0.15) is 17.7 Å². The highest BCUT2D eigenvalue weighted by Crippen LogP contribution is 2.32. The molecule has 0 amide bonds. The van der Waals surface area contributed by atoms with E-state index in [9.17, 15) is 22.0 Å². The summed E-state index contributed by atoms with van der Waals surface area (Å²) < 4.78 is 65.5. The van der Waals surface area contributed by atoms with Crippen LogP contribution in [0.3, 0.4) is 0 Å². The Kier molecular flexibility index (Phi) is 5.52. The summed E-state index contributed by atoms with van der Waals surface area (Å²) in [7, 11) is 0. The van der Waals surface area contributed by atoms with Crippen LogP contribution in [0.2, 0.25) is 0 Å². The Morgan fingerprint density at radius 3 is 2.09 bits per heavy atom. The Morgan fingerprint density at radius 2 is 1.47 bits per heavy atom. The summed E-state index contributed by atoms with van der Waals surface area (Å²) in [5, 5.41) is 0. The van der Waals surface area contributed by atoms with Crippen molar-refractivity contribution >= 4 is 5.82 Å². The van der Waals surface area contributed by atoms with E-state index in [4.69, 9.17) is 5.73 Å². The van der Waals surface area contributed by atoms with E-state index < -0.39 is 23.9 Å². The number of anilines is 1. The quantitative estimate of drug-likeness (QED) is 0.403. The molecule has 0 aliphatic carbocycles. The lowest BCUT2D eigenvalue weighted by atomic mass is 10.1. The molecule has 0 radical (unpaired) electrons. The van der Waals surface area contributed by atoms with Gasteiger partial charge in [0.2, 0.25) is 0 Å². The van der Waals surface area contributed by atoms with Gasteiger partial charge in [0.15, 0.2) is 5.82 Å². The maximum Gasteiger partial charge on any atom is 0.416 e.